The normalized spacial score (nSPS) is 18.3. The van der Waals surface area contributed by atoms with Gasteiger partial charge in [0.25, 0.3) is 0 Å². The van der Waals surface area contributed by atoms with Gasteiger partial charge in [-0.1, -0.05) is 32.4 Å². The summed E-state index contributed by atoms with van der Waals surface area (Å²) in [4.78, 5) is 14.4. The van der Waals surface area contributed by atoms with Crippen LogP contribution in [0.1, 0.15) is 39.2 Å². The van der Waals surface area contributed by atoms with Crippen LogP contribution in [0.4, 0.5) is 0 Å². The number of nitrogens with zero attached hydrogens (tertiary/aromatic N) is 1. The second-order valence-electron chi connectivity index (χ2n) is 7.66. The van der Waals surface area contributed by atoms with Crippen molar-refractivity contribution >= 4 is 33.4 Å². The number of hydrogen-bond donors (Lipinski definition) is 0. The van der Waals surface area contributed by atoms with Gasteiger partial charge in [0.15, 0.2) is 21.3 Å². The van der Waals surface area contributed by atoms with Crippen molar-refractivity contribution in [3.8, 4) is 11.5 Å². The third-order valence-electron chi connectivity index (χ3n) is 4.63. The highest BCUT2D eigenvalue weighted by Gasteiger charge is 2.33. The first-order valence-electron chi connectivity index (χ1n) is 9.86. The molecule has 0 bridgehead atoms. The number of benzene rings is 1. The predicted molar refractivity (Wildman–Crippen MR) is 116 cm³/mol. The summed E-state index contributed by atoms with van der Waals surface area (Å²) in [6, 6.07) is 3.21. The first kappa shape index (κ1) is 23.5. The van der Waals surface area contributed by atoms with Crippen molar-refractivity contribution in [3.05, 3.63) is 28.8 Å². The van der Waals surface area contributed by atoms with E-state index in [0.717, 1.165) is 6.42 Å². The Bertz CT molecular complexity index is 851. The lowest BCUT2D eigenvalue weighted by Crippen LogP contribution is -2.40. The van der Waals surface area contributed by atoms with E-state index in [-0.39, 0.29) is 23.5 Å². The van der Waals surface area contributed by atoms with Crippen molar-refractivity contribution in [1.29, 1.82) is 0 Å². The Kier molecular flexibility index (Phi) is 8.40. The number of amides is 1. The Morgan fingerprint density at radius 3 is 2.66 bits per heavy atom. The summed E-state index contributed by atoms with van der Waals surface area (Å²) in [5, 5.41) is 0.407. The second-order valence-corrected chi connectivity index (χ2v) is 10.3. The molecular formula is C21H30ClNO5S. The molecule has 2 rings (SSSR count). The van der Waals surface area contributed by atoms with Crippen LogP contribution in [0.25, 0.3) is 6.08 Å². The van der Waals surface area contributed by atoms with Gasteiger partial charge in [-0.25, -0.2) is 8.42 Å². The Balaban J connectivity index is 2.18. The van der Waals surface area contributed by atoms with Crippen molar-refractivity contribution < 1.29 is 22.7 Å². The third-order valence-corrected chi connectivity index (χ3v) is 6.66. The molecule has 0 aromatic heterocycles. The number of carbonyl (C=O) groups excluding carboxylic acids is 1. The van der Waals surface area contributed by atoms with Crippen molar-refractivity contribution in [2.45, 2.75) is 39.7 Å². The Morgan fingerprint density at radius 2 is 2.10 bits per heavy atom. The molecule has 1 atom stereocenters. The number of hydrogen-bond acceptors (Lipinski definition) is 5. The van der Waals surface area contributed by atoms with Gasteiger partial charge in [0.2, 0.25) is 5.91 Å². The molecule has 0 N–H and O–H groups in total. The fraction of sp³-hybridized carbons (Fsp3) is 0.571. The molecule has 6 nitrogen and oxygen atoms in total. The maximum absolute atomic E-state index is 12.7. The molecule has 1 aliphatic heterocycles. The van der Waals surface area contributed by atoms with E-state index in [9.17, 15) is 13.2 Å². The molecule has 1 amide bonds. The van der Waals surface area contributed by atoms with E-state index in [1.807, 2.05) is 20.8 Å². The zero-order valence-corrected chi connectivity index (χ0v) is 19.1. The Morgan fingerprint density at radius 1 is 1.38 bits per heavy atom. The average Bonchev–Trinajstić information content (AvgIpc) is 3.01. The van der Waals surface area contributed by atoms with Crippen molar-refractivity contribution in [3.63, 3.8) is 0 Å². The molecule has 1 fully saturated rings. The lowest BCUT2D eigenvalue weighted by Gasteiger charge is -2.26. The molecule has 0 spiro atoms. The van der Waals surface area contributed by atoms with E-state index in [0.29, 0.717) is 47.6 Å². The number of rotatable bonds is 9. The second kappa shape index (κ2) is 10.3. The molecule has 0 aliphatic carbocycles. The largest absolute Gasteiger partial charge is 0.493 e. The maximum atomic E-state index is 12.7. The molecule has 162 valence electrons. The van der Waals surface area contributed by atoms with Gasteiger partial charge in [-0.15, -0.1) is 0 Å². The zero-order valence-electron chi connectivity index (χ0n) is 17.5. The summed E-state index contributed by atoms with van der Waals surface area (Å²) in [5.74, 6) is 1.29. The average molecular weight is 444 g/mol. The van der Waals surface area contributed by atoms with Crippen LogP contribution in [0.15, 0.2) is 18.2 Å². The first-order valence-corrected chi connectivity index (χ1v) is 12.1. The van der Waals surface area contributed by atoms with E-state index in [4.69, 9.17) is 21.1 Å². The number of ether oxygens (including phenoxy) is 2. The van der Waals surface area contributed by atoms with Crippen molar-refractivity contribution in [2.24, 2.45) is 5.92 Å². The van der Waals surface area contributed by atoms with E-state index in [2.05, 4.69) is 0 Å². The summed E-state index contributed by atoms with van der Waals surface area (Å²) >= 11 is 6.36. The Labute approximate surface area is 178 Å². The summed E-state index contributed by atoms with van der Waals surface area (Å²) in [5.41, 5.74) is 0.701. The highest BCUT2D eigenvalue weighted by molar-refractivity contribution is 7.91. The smallest absolute Gasteiger partial charge is 0.246 e. The fourth-order valence-electron chi connectivity index (χ4n) is 3.22. The number of carbonyl (C=O) groups is 1. The van der Waals surface area contributed by atoms with Gasteiger partial charge in [0, 0.05) is 18.7 Å². The minimum Gasteiger partial charge on any atom is -0.493 e. The molecule has 29 heavy (non-hydrogen) atoms. The van der Waals surface area contributed by atoms with Gasteiger partial charge in [-0.3, -0.25) is 4.79 Å². The van der Waals surface area contributed by atoms with E-state index in [1.54, 1.807) is 23.1 Å². The summed E-state index contributed by atoms with van der Waals surface area (Å²) in [6.45, 7) is 7.09. The molecule has 1 heterocycles. The molecule has 1 saturated heterocycles. The molecule has 0 saturated carbocycles. The van der Waals surface area contributed by atoms with Gasteiger partial charge in [-0.2, -0.15) is 0 Å². The number of halogens is 1. The van der Waals surface area contributed by atoms with E-state index >= 15 is 0 Å². The molecule has 1 unspecified atom stereocenters. The first-order chi connectivity index (χ1) is 13.7. The quantitative estimate of drug-likeness (QED) is 0.542. The monoisotopic (exact) mass is 443 g/mol. The van der Waals surface area contributed by atoms with E-state index in [1.165, 1.54) is 13.2 Å². The maximum Gasteiger partial charge on any atom is 0.246 e. The van der Waals surface area contributed by atoms with Crippen LogP contribution >= 0.6 is 11.6 Å². The highest BCUT2D eigenvalue weighted by Crippen LogP contribution is 2.37. The van der Waals surface area contributed by atoms with Crippen molar-refractivity contribution in [1.82, 2.24) is 4.90 Å². The molecule has 1 aliphatic rings. The molecule has 8 heteroatoms. The van der Waals surface area contributed by atoms with Crippen LogP contribution in [0.3, 0.4) is 0 Å². The zero-order chi connectivity index (χ0) is 21.6. The van der Waals surface area contributed by atoms with Gasteiger partial charge < -0.3 is 14.4 Å². The van der Waals surface area contributed by atoms with Gasteiger partial charge >= 0.3 is 0 Å². The third kappa shape index (κ3) is 6.64. The van der Waals surface area contributed by atoms with Crippen LogP contribution in [0.2, 0.25) is 5.02 Å². The molecule has 1 aromatic rings. The number of methoxy groups -OCH3 is 1. The Hall–Kier alpha value is -1.73. The standard InChI is InChI=1S/C21H30ClNO5S/c1-5-9-23(17-8-10-29(25,26)14-17)20(24)7-6-16-11-18(22)21(19(12-16)27-4)28-13-15(2)3/h6-7,11-12,15,17H,5,8-10,13-14H2,1-4H3/b7-6+. The van der Waals surface area contributed by atoms with Crippen LogP contribution < -0.4 is 9.47 Å². The highest BCUT2D eigenvalue weighted by atomic mass is 35.5. The van der Waals surface area contributed by atoms with Gasteiger partial charge in [0.1, 0.15) is 0 Å². The molecular weight excluding hydrogens is 414 g/mol. The van der Waals surface area contributed by atoms with Crippen LogP contribution in [0.5, 0.6) is 11.5 Å². The van der Waals surface area contributed by atoms with Crippen molar-refractivity contribution in [2.75, 3.05) is 31.8 Å². The van der Waals surface area contributed by atoms with Gasteiger partial charge in [-0.05, 0) is 42.5 Å². The topological polar surface area (TPSA) is 72.9 Å². The lowest BCUT2D eigenvalue weighted by molar-refractivity contribution is -0.127. The van der Waals surface area contributed by atoms with Crippen LogP contribution in [0, 0.1) is 5.92 Å². The summed E-state index contributed by atoms with van der Waals surface area (Å²) in [6.07, 6.45) is 4.37. The van der Waals surface area contributed by atoms with Crippen LogP contribution in [-0.4, -0.2) is 57.0 Å². The lowest BCUT2D eigenvalue weighted by atomic mass is 10.1. The summed E-state index contributed by atoms with van der Waals surface area (Å²) in [7, 11) is -1.52. The fourth-order valence-corrected chi connectivity index (χ4v) is 5.23. The van der Waals surface area contributed by atoms with Crippen LogP contribution in [-0.2, 0) is 14.6 Å². The predicted octanol–water partition coefficient (Wildman–Crippen LogP) is 3.82. The minimum atomic E-state index is -3.06. The van der Waals surface area contributed by atoms with E-state index < -0.39 is 9.84 Å². The number of sulfone groups is 1. The SMILES string of the molecule is CCCN(C(=O)/C=C/c1cc(Cl)c(OCC(C)C)c(OC)c1)C1CCS(=O)(=O)C1. The summed E-state index contributed by atoms with van der Waals surface area (Å²) < 4.78 is 34.7. The molecule has 1 aromatic carbocycles. The minimum absolute atomic E-state index is 0.0358. The van der Waals surface area contributed by atoms with Gasteiger partial charge in [0.05, 0.1) is 30.2 Å². The molecule has 0 radical (unpaired) electrons.